The Morgan fingerprint density at radius 3 is 2.45 bits per heavy atom. The summed E-state index contributed by atoms with van der Waals surface area (Å²) in [7, 11) is 0. The second-order valence-corrected chi connectivity index (χ2v) is 4.75. The Morgan fingerprint density at radius 2 is 1.70 bits per heavy atom. The number of anilines is 2. The van der Waals surface area contributed by atoms with Crippen molar-refractivity contribution >= 4 is 34.8 Å². The molecule has 1 aliphatic rings. The Balaban J connectivity index is 2.23. The lowest BCUT2D eigenvalue weighted by Crippen LogP contribution is -2.33. The van der Waals surface area contributed by atoms with Crippen LogP contribution in [0.4, 0.5) is 15.8 Å². The van der Waals surface area contributed by atoms with Crippen molar-refractivity contribution < 1.29 is 9.50 Å². The topological polar surface area (TPSA) is 35.8 Å². The summed E-state index contributed by atoms with van der Waals surface area (Å²) in [6.07, 6.45) is 0.379. The van der Waals surface area contributed by atoms with Crippen molar-refractivity contribution in [2.75, 3.05) is 4.90 Å². The molecule has 0 aliphatic carbocycles. The first-order valence-electron chi connectivity index (χ1n) is 6.07. The summed E-state index contributed by atoms with van der Waals surface area (Å²) in [5.41, 5.74) is 1.77. The highest BCUT2D eigenvalue weighted by Crippen LogP contribution is 2.32. The van der Waals surface area contributed by atoms with Crippen LogP contribution in [0.1, 0.15) is 5.56 Å². The molecular weight excluding hydrogens is 275 g/mol. The molecule has 1 heterocycles. The maximum absolute atomic E-state index is 14.1. The van der Waals surface area contributed by atoms with Crippen molar-refractivity contribution in [3.8, 4) is 0 Å². The summed E-state index contributed by atoms with van der Waals surface area (Å²) in [6.45, 7) is 0. The van der Waals surface area contributed by atoms with Gasteiger partial charge >= 0.3 is 0 Å². The molecule has 20 heavy (non-hydrogen) atoms. The maximum atomic E-state index is 14.1. The lowest BCUT2D eigenvalue weighted by Gasteiger charge is -2.26. The van der Waals surface area contributed by atoms with Crippen LogP contribution in [0.15, 0.2) is 53.5 Å². The fourth-order valence-corrected chi connectivity index (χ4v) is 2.39. The number of aliphatic imine (C=N–C) groups is 1. The van der Waals surface area contributed by atoms with Crippen LogP contribution in [0.2, 0.25) is 0 Å². The van der Waals surface area contributed by atoms with Gasteiger partial charge < -0.3 is 5.11 Å². The molecular formula is C15H11FN2OS. The molecule has 0 aromatic heterocycles. The average molecular weight is 286 g/mol. The Hall–Kier alpha value is -2.11. The molecule has 1 unspecified atom stereocenters. The first-order valence-corrected chi connectivity index (χ1v) is 6.48. The van der Waals surface area contributed by atoms with E-state index < -0.39 is 12.0 Å². The van der Waals surface area contributed by atoms with Gasteiger partial charge in [0.25, 0.3) is 0 Å². The van der Waals surface area contributed by atoms with Crippen LogP contribution in [-0.2, 0) is 0 Å². The standard InChI is InChI=1S/C15H11FN2OS/c16-11-6-2-4-8-13(11)18-12-7-3-1-5-10(12)9-17-14(19)15(18)20/h1-9,14,19H. The molecule has 0 saturated heterocycles. The van der Waals surface area contributed by atoms with Crippen LogP contribution < -0.4 is 4.90 Å². The summed E-state index contributed by atoms with van der Waals surface area (Å²) < 4.78 is 14.1. The summed E-state index contributed by atoms with van der Waals surface area (Å²) in [4.78, 5) is 5.65. The molecule has 0 fully saturated rings. The number of thiocarbonyl (C=S) groups is 1. The fourth-order valence-electron chi connectivity index (χ4n) is 2.13. The number of benzodiazepines with no additional fused rings is 1. The minimum absolute atomic E-state index is 0.149. The largest absolute Gasteiger partial charge is 0.366 e. The van der Waals surface area contributed by atoms with Gasteiger partial charge in [-0.2, -0.15) is 0 Å². The van der Waals surface area contributed by atoms with Crippen LogP contribution in [0.5, 0.6) is 0 Å². The van der Waals surface area contributed by atoms with Crippen molar-refractivity contribution in [2.24, 2.45) is 4.99 Å². The van der Waals surface area contributed by atoms with Crippen molar-refractivity contribution in [1.82, 2.24) is 0 Å². The summed E-state index contributed by atoms with van der Waals surface area (Å²) in [5, 5.41) is 9.95. The molecule has 1 N–H and O–H groups in total. The molecule has 3 nitrogen and oxygen atoms in total. The van der Waals surface area contributed by atoms with Gasteiger partial charge in [-0.1, -0.05) is 42.5 Å². The Labute approximate surface area is 121 Å². The number of aliphatic hydroxyl groups is 1. The van der Waals surface area contributed by atoms with E-state index in [1.807, 2.05) is 24.3 Å². The lowest BCUT2D eigenvalue weighted by atomic mass is 10.1. The summed E-state index contributed by atoms with van der Waals surface area (Å²) >= 11 is 5.25. The summed E-state index contributed by atoms with van der Waals surface area (Å²) in [6, 6.07) is 13.7. The predicted octanol–water partition coefficient (Wildman–Crippen LogP) is 3.04. The van der Waals surface area contributed by atoms with Crippen LogP contribution in [-0.4, -0.2) is 22.5 Å². The predicted molar refractivity (Wildman–Crippen MR) is 81.2 cm³/mol. The Morgan fingerprint density at radius 1 is 1.05 bits per heavy atom. The highest BCUT2D eigenvalue weighted by molar-refractivity contribution is 7.80. The van der Waals surface area contributed by atoms with E-state index in [9.17, 15) is 9.50 Å². The maximum Gasteiger partial charge on any atom is 0.197 e. The first kappa shape index (κ1) is 12.9. The molecule has 0 radical (unpaired) electrons. The number of hydrogen-bond donors (Lipinski definition) is 1. The van der Waals surface area contributed by atoms with Crippen LogP contribution in [0, 0.1) is 5.82 Å². The van der Waals surface area contributed by atoms with E-state index in [1.165, 1.54) is 11.0 Å². The molecule has 1 aliphatic heterocycles. The Bertz CT molecular complexity index is 702. The quantitative estimate of drug-likeness (QED) is 0.819. The van der Waals surface area contributed by atoms with Gasteiger partial charge in [-0.3, -0.25) is 9.89 Å². The van der Waals surface area contributed by atoms with E-state index >= 15 is 0 Å². The number of rotatable bonds is 1. The van der Waals surface area contributed by atoms with E-state index in [0.717, 1.165) is 5.56 Å². The van der Waals surface area contributed by atoms with Crippen LogP contribution in [0.3, 0.4) is 0 Å². The minimum Gasteiger partial charge on any atom is -0.366 e. The molecule has 0 bridgehead atoms. The summed E-state index contributed by atoms with van der Waals surface area (Å²) in [5.74, 6) is -0.404. The third kappa shape index (κ3) is 2.11. The van der Waals surface area contributed by atoms with Gasteiger partial charge in [0.15, 0.2) is 6.23 Å². The van der Waals surface area contributed by atoms with E-state index in [1.54, 1.807) is 24.4 Å². The molecule has 100 valence electrons. The molecule has 1 atom stereocenters. The third-order valence-corrected chi connectivity index (χ3v) is 3.46. The van der Waals surface area contributed by atoms with Crippen LogP contribution >= 0.6 is 12.2 Å². The monoisotopic (exact) mass is 286 g/mol. The van der Waals surface area contributed by atoms with Crippen molar-refractivity contribution in [3.63, 3.8) is 0 Å². The van der Waals surface area contributed by atoms with Gasteiger partial charge in [0.05, 0.1) is 11.4 Å². The van der Waals surface area contributed by atoms with Gasteiger partial charge in [-0.15, -0.1) is 0 Å². The molecule has 5 heteroatoms. The lowest BCUT2D eigenvalue weighted by molar-refractivity contribution is 0.254. The fraction of sp³-hybridized carbons (Fsp3) is 0.0667. The number of benzene rings is 2. The average Bonchev–Trinajstić information content (AvgIpc) is 2.59. The van der Waals surface area contributed by atoms with Gasteiger partial charge in [-0.05, 0) is 18.2 Å². The molecule has 0 amide bonds. The zero-order valence-electron chi connectivity index (χ0n) is 10.4. The zero-order chi connectivity index (χ0) is 14.1. The second-order valence-electron chi connectivity index (χ2n) is 4.34. The number of aliphatic hydroxyl groups excluding tert-OH is 1. The molecule has 2 aromatic carbocycles. The number of fused-ring (bicyclic) bond motifs is 1. The van der Waals surface area contributed by atoms with E-state index in [-0.39, 0.29) is 4.99 Å². The first-order chi connectivity index (χ1) is 9.68. The van der Waals surface area contributed by atoms with Crippen LogP contribution in [0.25, 0.3) is 0 Å². The van der Waals surface area contributed by atoms with Gasteiger partial charge in [-0.25, -0.2) is 4.39 Å². The molecule has 2 aromatic rings. The Kier molecular flexibility index (Phi) is 3.30. The van der Waals surface area contributed by atoms with Gasteiger partial charge in [0.2, 0.25) is 0 Å². The van der Waals surface area contributed by atoms with E-state index in [2.05, 4.69) is 4.99 Å². The van der Waals surface area contributed by atoms with Gasteiger partial charge in [0.1, 0.15) is 10.8 Å². The number of halogens is 1. The van der Waals surface area contributed by atoms with Gasteiger partial charge in [0, 0.05) is 11.8 Å². The SMILES string of the molecule is OC1N=Cc2ccccc2N(c2ccccc2F)C1=S. The van der Waals surface area contributed by atoms with Crippen molar-refractivity contribution in [3.05, 3.63) is 59.9 Å². The number of hydrogen-bond acceptors (Lipinski definition) is 3. The van der Waals surface area contributed by atoms with Crippen molar-refractivity contribution in [1.29, 1.82) is 0 Å². The number of para-hydroxylation sites is 2. The highest BCUT2D eigenvalue weighted by atomic mass is 32.1. The molecule has 3 rings (SSSR count). The zero-order valence-corrected chi connectivity index (χ0v) is 11.2. The second kappa shape index (κ2) is 5.11. The normalized spacial score (nSPS) is 17.8. The molecule has 0 spiro atoms. The minimum atomic E-state index is -1.17. The van der Waals surface area contributed by atoms with E-state index in [0.29, 0.717) is 11.4 Å². The van der Waals surface area contributed by atoms with E-state index in [4.69, 9.17) is 12.2 Å². The highest BCUT2D eigenvalue weighted by Gasteiger charge is 2.26. The van der Waals surface area contributed by atoms with Crippen molar-refractivity contribution in [2.45, 2.75) is 6.23 Å². The smallest absolute Gasteiger partial charge is 0.197 e. The third-order valence-electron chi connectivity index (χ3n) is 3.07. The number of nitrogens with zero attached hydrogens (tertiary/aromatic N) is 2. The molecule has 0 saturated carbocycles.